The van der Waals surface area contributed by atoms with Crippen molar-refractivity contribution in [3.8, 4) is 23.0 Å². The predicted molar refractivity (Wildman–Crippen MR) is 261 cm³/mol. The SMILES string of the molecule is C[C@@H](O)Cn1c(-c2cc(OCc3ccccc3)c(OCc3ccccc3)cn2)nn(S(=O)(=O)CC(=O)N2C[C@H](CC(=O)/C(=N\OC(C)(C)C(=O)OC(C)(C)C)c3csc(CC(=O)OC(C)(C)C)n3)C2=O)c1=O. The fourth-order valence-corrected chi connectivity index (χ4v) is 8.64. The number of hydrogen-bond acceptors (Lipinski definition) is 19. The van der Waals surface area contributed by atoms with E-state index in [-0.39, 0.29) is 64.0 Å². The Labute approximate surface area is 419 Å². The molecule has 0 radical (unpaired) electrons. The van der Waals surface area contributed by atoms with E-state index in [9.17, 15) is 42.3 Å². The zero-order valence-corrected chi connectivity index (χ0v) is 42.9. The van der Waals surface area contributed by atoms with Crippen LogP contribution in [0.1, 0.15) is 90.6 Å². The molecule has 72 heavy (non-hydrogen) atoms. The van der Waals surface area contributed by atoms with Gasteiger partial charge in [-0.2, -0.15) is 0 Å². The van der Waals surface area contributed by atoms with Crippen molar-refractivity contribution in [2.75, 3.05) is 12.3 Å². The number of aromatic nitrogens is 5. The number of imide groups is 1. The maximum Gasteiger partial charge on any atom is 0.360 e. The highest BCUT2D eigenvalue weighted by atomic mass is 32.2. The number of nitrogens with zero attached hydrogens (tertiary/aromatic N) is 7. The molecule has 1 aliphatic rings. The lowest BCUT2D eigenvalue weighted by Gasteiger charge is -2.36. The number of benzene rings is 2. The lowest BCUT2D eigenvalue weighted by atomic mass is 9.91. The summed E-state index contributed by atoms with van der Waals surface area (Å²) in [6.45, 7) is 13.6. The van der Waals surface area contributed by atoms with Crippen LogP contribution in [0, 0.1) is 5.92 Å². The number of thiazole rings is 1. The molecule has 2 aromatic carbocycles. The fraction of sp³-hybridized carbons (Fsp3) is 0.429. The van der Waals surface area contributed by atoms with E-state index in [4.69, 9.17) is 23.8 Å². The summed E-state index contributed by atoms with van der Waals surface area (Å²) in [5, 5.41) is 20.2. The predicted octanol–water partition coefficient (Wildman–Crippen LogP) is 4.65. The van der Waals surface area contributed by atoms with Crippen LogP contribution in [-0.4, -0.2) is 113 Å². The number of ether oxygens (including phenoxy) is 4. The van der Waals surface area contributed by atoms with Crippen molar-refractivity contribution in [2.45, 2.75) is 118 Å². The van der Waals surface area contributed by atoms with Crippen molar-refractivity contribution in [2.24, 2.45) is 11.1 Å². The average Bonchev–Trinajstić information content (AvgIpc) is 3.88. The Bertz CT molecular complexity index is 3010. The van der Waals surface area contributed by atoms with Crippen molar-refractivity contribution in [3.63, 3.8) is 0 Å². The highest BCUT2D eigenvalue weighted by Gasteiger charge is 2.44. The smallest absolute Gasteiger partial charge is 0.360 e. The first-order valence-corrected chi connectivity index (χ1v) is 25.2. The number of amides is 2. The Kier molecular flexibility index (Phi) is 16.7. The quantitative estimate of drug-likeness (QED) is 0.0454. The van der Waals surface area contributed by atoms with Crippen LogP contribution in [-0.2, 0) is 74.5 Å². The van der Waals surface area contributed by atoms with E-state index in [0.717, 1.165) is 27.0 Å². The number of ketones is 1. The molecule has 23 heteroatoms. The second-order valence-corrected chi connectivity index (χ2v) is 22.1. The van der Waals surface area contributed by atoms with Crippen LogP contribution in [0.2, 0.25) is 0 Å². The maximum atomic E-state index is 13.9. The molecule has 1 fully saturated rings. The molecule has 6 rings (SSSR count). The normalized spacial score (nSPS) is 14.8. The van der Waals surface area contributed by atoms with Gasteiger partial charge in [0, 0.05) is 24.4 Å². The molecule has 384 valence electrons. The van der Waals surface area contributed by atoms with Crippen LogP contribution >= 0.6 is 11.3 Å². The number of Topliss-reactive ketones (excluding diaryl/α,β-unsaturated/α-hetero) is 1. The van der Waals surface area contributed by atoms with Crippen molar-refractivity contribution in [1.29, 1.82) is 0 Å². The number of rotatable bonds is 21. The molecule has 0 unspecified atom stereocenters. The molecule has 4 heterocycles. The second kappa shape index (κ2) is 22.1. The van der Waals surface area contributed by atoms with Gasteiger partial charge in [0.05, 0.1) is 31.2 Å². The minimum Gasteiger partial charge on any atom is -0.485 e. The largest absolute Gasteiger partial charge is 0.485 e. The Morgan fingerprint density at radius 2 is 1.47 bits per heavy atom. The van der Waals surface area contributed by atoms with E-state index in [1.807, 2.05) is 60.7 Å². The molecule has 0 aliphatic carbocycles. The van der Waals surface area contributed by atoms with Crippen molar-refractivity contribution in [1.82, 2.24) is 28.6 Å². The molecule has 5 aromatic rings. The van der Waals surface area contributed by atoms with E-state index < -0.39 is 98.5 Å². The third-order valence-corrected chi connectivity index (χ3v) is 12.4. The van der Waals surface area contributed by atoms with E-state index in [1.165, 1.54) is 38.4 Å². The minimum absolute atomic E-state index is 0.0346. The standard InChI is InChI=1S/C49H57N7O14S2/c1-30(57)24-55-43(34-21-37(66-26-31-16-12-10-13-17-31)38(23-50-34)67-27-32-18-14-11-15-19-32)52-56(46(55)63)72(64,65)29-40(59)54-25-33(44(54)61)20-36(58)42(53-70-49(8,9)45(62)69-48(5,6)7)35-28-71-39(51-35)22-41(60)68-47(2,3)4/h10-19,21,23,28,30,33,57H,20,22,24-27,29H2,1-9H3/b53-42-/t30-,33+/m1/s1. The first-order valence-electron chi connectivity index (χ1n) is 22.7. The van der Waals surface area contributed by atoms with Gasteiger partial charge in [0.25, 0.3) is 10.0 Å². The molecule has 1 N–H and O–H groups in total. The summed E-state index contributed by atoms with van der Waals surface area (Å²) in [4.78, 5) is 95.2. The van der Waals surface area contributed by atoms with Gasteiger partial charge in [-0.3, -0.25) is 28.6 Å². The van der Waals surface area contributed by atoms with Gasteiger partial charge in [-0.05, 0) is 73.4 Å². The van der Waals surface area contributed by atoms with Crippen LogP contribution < -0.4 is 15.2 Å². The lowest BCUT2D eigenvalue weighted by Crippen LogP contribution is -2.57. The Hall–Kier alpha value is -7.11. The molecule has 0 spiro atoms. The van der Waals surface area contributed by atoms with Gasteiger partial charge in [-0.25, -0.2) is 28.0 Å². The van der Waals surface area contributed by atoms with Crippen molar-refractivity contribution in [3.05, 3.63) is 111 Å². The molecular weight excluding hydrogens is 975 g/mol. The number of likely N-dealkylation sites (tertiary alicyclic amines) is 1. The number of carbonyl (C=O) groups excluding carboxylic acids is 5. The number of aliphatic hydroxyl groups is 1. The fourth-order valence-electron chi connectivity index (χ4n) is 6.74. The highest BCUT2D eigenvalue weighted by molar-refractivity contribution is 7.90. The number of pyridine rings is 1. The molecule has 2 atom stereocenters. The second-order valence-electron chi connectivity index (χ2n) is 19.3. The summed E-state index contributed by atoms with van der Waals surface area (Å²) < 4.78 is 51.7. The Balaban J connectivity index is 1.20. The number of β-lactam (4-membered cyclic amide) rings is 1. The van der Waals surface area contributed by atoms with E-state index in [2.05, 4.69) is 20.2 Å². The van der Waals surface area contributed by atoms with Crippen molar-refractivity contribution >= 4 is 56.6 Å². The first-order chi connectivity index (χ1) is 33.7. The first kappa shape index (κ1) is 54.2. The number of oxime groups is 1. The number of esters is 2. The number of hydrogen-bond donors (Lipinski definition) is 1. The van der Waals surface area contributed by atoms with Gasteiger partial charge >= 0.3 is 17.6 Å². The zero-order valence-electron chi connectivity index (χ0n) is 41.3. The molecule has 3 aromatic heterocycles. The molecule has 0 saturated carbocycles. The van der Waals surface area contributed by atoms with Crippen LogP contribution in [0.15, 0.2) is 88.3 Å². The van der Waals surface area contributed by atoms with E-state index in [1.54, 1.807) is 41.5 Å². The van der Waals surface area contributed by atoms with E-state index in [0.29, 0.717) is 4.90 Å². The molecule has 21 nitrogen and oxygen atoms in total. The van der Waals surface area contributed by atoms with Gasteiger partial charge in [0.1, 0.15) is 40.8 Å². The third-order valence-electron chi connectivity index (χ3n) is 10.2. The number of carbonyl (C=O) groups is 5. The average molecular weight is 1030 g/mol. The summed E-state index contributed by atoms with van der Waals surface area (Å²) >= 11 is 1.03. The summed E-state index contributed by atoms with van der Waals surface area (Å²) in [5.41, 5.74) is -3.38. The lowest BCUT2D eigenvalue weighted by molar-refractivity contribution is -0.179. The maximum absolute atomic E-state index is 13.9. The van der Waals surface area contributed by atoms with Crippen molar-refractivity contribution < 1.29 is 61.3 Å². The summed E-state index contributed by atoms with van der Waals surface area (Å²) in [6, 6.07) is 20.0. The van der Waals surface area contributed by atoms with E-state index >= 15 is 0 Å². The molecule has 1 saturated heterocycles. The van der Waals surface area contributed by atoms with Crippen LogP contribution in [0.25, 0.3) is 11.5 Å². The molecular formula is C49H57N7O14S2. The van der Waals surface area contributed by atoms with Gasteiger partial charge < -0.3 is 28.9 Å². The molecule has 0 bridgehead atoms. The topological polar surface area (TPSA) is 267 Å². The summed E-state index contributed by atoms with van der Waals surface area (Å²) in [6.07, 6.45) is -0.622. The molecule has 1 aliphatic heterocycles. The van der Waals surface area contributed by atoms with Gasteiger partial charge in [-0.1, -0.05) is 65.8 Å². The monoisotopic (exact) mass is 1030 g/mol. The summed E-state index contributed by atoms with van der Waals surface area (Å²) in [7, 11) is -4.95. The summed E-state index contributed by atoms with van der Waals surface area (Å²) in [5.74, 6) is -6.65. The van der Waals surface area contributed by atoms with Gasteiger partial charge in [0.15, 0.2) is 34.6 Å². The zero-order chi connectivity index (χ0) is 52.8. The van der Waals surface area contributed by atoms with Gasteiger partial charge in [0.2, 0.25) is 17.4 Å². The minimum atomic E-state index is -4.95. The third kappa shape index (κ3) is 14.3. The number of aliphatic hydroxyl groups excluding tert-OH is 1. The Morgan fingerprint density at radius 3 is 2.04 bits per heavy atom. The van der Waals surface area contributed by atoms with Crippen LogP contribution in [0.4, 0.5) is 0 Å². The van der Waals surface area contributed by atoms with Crippen LogP contribution in [0.3, 0.4) is 0 Å². The Morgan fingerprint density at radius 1 is 0.875 bits per heavy atom. The molecule has 2 amide bonds. The van der Waals surface area contributed by atoms with Gasteiger partial charge in [-0.15, -0.1) is 20.5 Å². The van der Waals surface area contributed by atoms with Crippen LogP contribution in [0.5, 0.6) is 11.5 Å². The highest BCUT2D eigenvalue weighted by Crippen LogP contribution is 2.32.